The second-order valence-corrected chi connectivity index (χ2v) is 8.74. The number of likely N-dealkylation sites (tertiary alicyclic amines) is 1. The Bertz CT molecular complexity index is 837. The largest absolute Gasteiger partial charge is 0.444 e. The summed E-state index contributed by atoms with van der Waals surface area (Å²) in [5.74, 6) is -0.790. The Morgan fingerprint density at radius 3 is 2.52 bits per heavy atom. The molecule has 1 aliphatic carbocycles. The minimum atomic E-state index is -4.63. The Hall–Kier alpha value is -2.36. The van der Waals surface area contributed by atoms with Gasteiger partial charge in [-0.1, -0.05) is 6.07 Å². The number of carbonyl (C=O) groups is 2. The van der Waals surface area contributed by atoms with Crippen molar-refractivity contribution in [2.45, 2.75) is 64.4 Å². The van der Waals surface area contributed by atoms with Gasteiger partial charge in [0.2, 0.25) is 5.91 Å². The third kappa shape index (κ3) is 4.17. The Balaban J connectivity index is 1.83. The predicted molar refractivity (Wildman–Crippen MR) is 99.0 cm³/mol. The van der Waals surface area contributed by atoms with Gasteiger partial charge in [-0.25, -0.2) is 9.78 Å². The van der Waals surface area contributed by atoms with Crippen LogP contribution in [0.2, 0.25) is 0 Å². The smallest absolute Gasteiger partial charge is 0.433 e. The molecule has 3 rings (SSSR count). The number of hydrogen-bond acceptors (Lipinski definition) is 5. The molecular weight excluding hydrogens is 389 g/mol. The summed E-state index contributed by atoms with van der Waals surface area (Å²) in [6.45, 7) is 7.00. The van der Waals surface area contributed by atoms with Gasteiger partial charge in [-0.2, -0.15) is 13.2 Å². The molecule has 0 aromatic carbocycles. The molecule has 1 aromatic heterocycles. The van der Waals surface area contributed by atoms with Gasteiger partial charge in [-0.15, -0.1) is 0 Å². The van der Waals surface area contributed by atoms with Gasteiger partial charge in [0.05, 0.1) is 0 Å². The Morgan fingerprint density at radius 2 is 1.97 bits per heavy atom. The lowest BCUT2D eigenvalue weighted by Crippen LogP contribution is -2.47. The number of halogens is 3. The highest BCUT2D eigenvalue weighted by Gasteiger charge is 2.67. The molecule has 3 N–H and O–H groups in total. The van der Waals surface area contributed by atoms with E-state index in [2.05, 4.69) is 10.3 Å². The summed E-state index contributed by atoms with van der Waals surface area (Å²) in [5, 5.41) is 2.45. The minimum Gasteiger partial charge on any atom is -0.444 e. The number of hydrogen-bond donors (Lipinski definition) is 2. The van der Waals surface area contributed by atoms with Crippen LogP contribution in [0.5, 0.6) is 0 Å². The molecule has 0 radical (unpaired) electrons. The number of aryl methyl sites for hydroxylation is 1. The lowest BCUT2D eigenvalue weighted by molar-refractivity contribution is -0.141. The molecule has 10 heteroatoms. The summed E-state index contributed by atoms with van der Waals surface area (Å²) < 4.78 is 44.3. The van der Waals surface area contributed by atoms with Gasteiger partial charge in [0, 0.05) is 18.0 Å². The average molecular weight is 414 g/mol. The topological polar surface area (TPSA) is 97.5 Å². The maximum Gasteiger partial charge on any atom is 0.433 e. The molecule has 0 spiro atoms. The van der Waals surface area contributed by atoms with E-state index < -0.39 is 35.5 Å². The Kier molecular flexibility index (Phi) is 5.05. The highest BCUT2D eigenvalue weighted by atomic mass is 19.4. The average Bonchev–Trinajstić information content (AvgIpc) is 3.18. The van der Waals surface area contributed by atoms with Crippen molar-refractivity contribution in [1.29, 1.82) is 0 Å². The maximum absolute atomic E-state index is 13.0. The van der Waals surface area contributed by atoms with Gasteiger partial charge in [0.15, 0.2) is 0 Å². The molecule has 2 fully saturated rings. The van der Waals surface area contributed by atoms with Gasteiger partial charge >= 0.3 is 12.3 Å². The second-order valence-electron chi connectivity index (χ2n) is 8.74. The fraction of sp³-hybridized carbons (Fsp3) is 0.632. The number of fused-ring (bicyclic) bond motifs is 1. The molecule has 3 atom stereocenters. The van der Waals surface area contributed by atoms with E-state index in [0.29, 0.717) is 24.9 Å². The number of rotatable bonds is 3. The summed E-state index contributed by atoms with van der Waals surface area (Å²) >= 11 is 0. The standard InChI is InChI=1S/C19H25F3N4O3/c1-10-5-6-12(19(20,21)22)24-14(10)25-15(27)11-7-18(9-23)8-13(18)26(11)16(28)29-17(2,3)4/h5-6,11,13H,7-9,23H2,1-4H3,(H,24,25,27). The lowest BCUT2D eigenvalue weighted by atomic mass is 9.99. The van der Waals surface area contributed by atoms with Crippen LogP contribution in [0.3, 0.4) is 0 Å². The fourth-order valence-electron chi connectivity index (χ4n) is 3.74. The van der Waals surface area contributed by atoms with Gasteiger partial charge in [0.25, 0.3) is 0 Å². The number of piperidine rings is 1. The number of ether oxygens (including phenoxy) is 1. The molecule has 2 heterocycles. The first-order chi connectivity index (χ1) is 13.3. The van der Waals surface area contributed by atoms with Crippen LogP contribution in [-0.4, -0.2) is 46.1 Å². The zero-order valence-corrected chi connectivity index (χ0v) is 16.8. The summed E-state index contributed by atoms with van der Waals surface area (Å²) in [6, 6.07) is 0.994. The molecule has 29 heavy (non-hydrogen) atoms. The van der Waals surface area contributed by atoms with E-state index in [4.69, 9.17) is 10.5 Å². The van der Waals surface area contributed by atoms with Gasteiger partial charge in [-0.05, 0) is 52.2 Å². The van der Waals surface area contributed by atoms with Crippen LogP contribution in [-0.2, 0) is 15.7 Å². The monoisotopic (exact) mass is 414 g/mol. The van der Waals surface area contributed by atoms with Crippen molar-refractivity contribution < 1.29 is 27.5 Å². The molecule has 1 aromatic rings. The van der Waals surface area contributed by atoms with E-state index in [0.717, 1.165) is 6.07 Å². The fourth-order valence-corrected chi connectivity index (χ4v) is 3.74. The highest BCUT2D eigenvalue weighted by molar-refractivity contribution is 5.97. The van der Waals surface area contributed by atoms with Crippen LogP contribution >= 0.6 is 0 Å². The van der Waals surface area contributed by atoms with E-state index in [1.54, 1.807) is 27.7 Å². The van der Waals surface area contributed by atoms with E-state index in [1.165, 1.54) is 11.0 Å². The van der Waals surface area contributed by atoms with Gasteiger partial charge in [-0.3, -0.25) is 9.69 Å². The number of anilines is 1. The summed E-state index contributed by atoms with van der Waals surface area (Å²) in [6.07, 6.45) is -4.26. The van der Waals surface area contributed by atoms with Crippen LogP contribution < -0.4 is 11.1 Å². The maximum atomic E-state index is 13.0. The van der Waals surface area contributed by atoms with E-state index >= 15 is 0 Å². The number of pyridine rings is 1. The van der Waals surface area contributed by atoms with Crippen molar-refractivity contribution in [3.05, 3.63) is 23.4 Å². The first kappa shape index (κ1) is 21.4. The molecule has 0 bridgehead atoms. The van der Waals surface area contributed by atoms with Gasteiger partial charge in [0.1, 0.15) is 23.2 Å². The molecule has 3 unspecified atom stereocenters. The normalized spacial score (nSPS) is 26.1. The molecule has 7 nitrogen and oxygen atoms in total. The summed E-state index contributed by atoms with van der Waals surface area (Å²) in [4.78, 5) is 30.5. The van der Waals surface area contributed by atoms with E-state index in [1.807, 2.05) is 0 Å². The van der Waals surface area contributed by atoms with Crippen LogP contribution in [0.25, 0.3) is 0 Å². The molecule has 2 aliphatic rings. The van der Waals surface area contributed by atoms with E-state index in [-0.39, 0.29) is 17.3 Å². The first-order valence-corrected chi connectivity index (χ1v) is 9.34. The summed E-state index contributed by atoms with van der Waals surface area (Å²) in [7, 11) is 0. The van der Waals surface area contributed by atoms with Crippen molar-refractivity contribution in [1.82, 2.24) is 9.88 Å². The molecule has 160 valence electrons. The zero-order chi connectivity index (χ0) is 21.8. The number of carbonyl (C=O) groups excluding carboxylic acids is 2. The zero-order valence-electron chi connectivity index (χ0n) is 16.8. The Morgan fingerprint density at radius 1 is 1.31 bits per heavy atom. The van der Waals surface area contributed by atoms with Crippen LogP contribution in [0.1, 0.15) is 44.9 Å². The Labute approximate surface area is 166 Å². The molecule has 1 aliphatic heterocycles. The predicted octanol–water partition coefficient (Wildman–Crippen LogP) is 3.07. The van der Waals surface area contributed by atoms with Crippen molar-refractivity contribution in [3.8, 4) is 0 Å². The second kappa shape index (κ2) is 6.86. The van der Waals surface area contributed by atoms with Crippen molar-refractivity contribution >= 4 is 17.8 Å². The van der Waals surface area contributed by atoms with Crippen molar-refractivity contribution in [2.75, 3.05) is 11.9 Å². The number of nitrogens with two attached hydrogens (primary N) is 1. The molecule has 1 saturated heterocycles. The quantitative estimate of drug-likeness (QED) is 0.792. The highest BCUT2D eigenvalue weighted by Crippen LogP contribution is 2.59. The number of aromatic nitrogens is 1. The molecule has 1 saturated carbocycles. The van der Waals surface area contributed by atoms with Crippen molar-refractivity contribution in [2.24, 2.45) is 11.1 Å². The molecule has 2 amide bonds. The molecular formula is C19H25F3N4O3. The SMILES string of the molecule is Cc1ccc(C(F)(F)F)nc1NC(=O)C1CC2(CN)CC2N1C(=O)OC(C)(C)C. The van der Waals surface area contributed by atoms with Crippen LogP contribution in [0, 0.1) is 12.3 Å². The number of amides is 2. The minimum absolute atomic E-state index is 0.184. The van der Waals surface area contributed by atoms with Crippen molar-refractivity contribution in [3.63, 3.8) is 0 Å². The first-order valence-electron chi connectivity index (χ1n) is 9.34. The van der Waals surface area contributed by atoms with E-state index in [9.17, 15) is 22.8 Å². The van der Waals surface area contributed by atoms with Gasteiger partial charge < -0.3 is 15.8 Å². The summed E-state index contributed by atoms with van der Waals surface area (Å²) in [5.41, 5.74) is 4.04. The third-order valence-electron chi connectivity index (χ3n) is 5.36. The number of nitrogens with one attached hydrogen (secondary N) is 1. The lowest BCUT2D eigenvalue weighted by Gasteiger charge is -2.29. The number of nitrogens with zero attached hydrogens (tertiary/aromatic N) is 2. The number of alkyl halides is 3. The third-order valence-corrected chi connectivity index (χ3v) is 5.36. The van der Waals surface area contributed by atoms with Crippen LogP contribution in [0.4, 0.5) is 23.8 Å². The van der Waals surface area contributed by atoms with Crippen LogP contribution in [0.15, 0.2) is 12.1 Å².